The molecule has 1 aliphatic heterocycles. The summed E-state index contributed by atoms with van der Waals surface area (Å²) >= 11 is 7.67. The molecule has 98 valence electrons. The number of nitrogens with one attached hydrogen (secondary N) is 1. The molecule has 1 aromatic heterocycles. The predicted octanol–water partition coefficient (Wildman–Crippen LogP) is 2.33. The zero-order valence-electron chi connectivity index (χ0n) is 10.2. The van der Waals surface area contributed by atoms with Crippen molar-refractivity contribution in [3.05, 3.63) is 23.0 Å². The van der Waals surface area contributed by atoms with Gasteiger partial charge in [-0.15, -0.1) is 0 Å². The molecule has 0 saturated carbocycles. The van der Waals surface area contributed by atoms with E-state index < -0.39 is 0 Å². The number of pyridine rings is 1. The molecule has 3 N–H and O–H groups in total. The van der Waals surface area contributed by atoms with Crippen LogP contribution in [0.15, 0.2) is 12.3 Å². The fourth-order valence-electron chi connectivity index (χ4n) is 1.98. The van der Waals surface area contributed by atoms with Gasteiger partial charge in [-0.25, -0.2) is 4.98 Å². The van der Waals surface area contributed by atoms with Crippen molar-refractivity contribution in [2.24, 2.45) is 0 Å². The number of hydrogen-bond acceptors (Lipinski definition) is 4. The molecule has 6 heteroatoms. The number of nitrogen functional groups attached to an aromatic ring is 1. The zero-order valence-corrected chi connectivity index (χ0v) is 11.8. The summed E-state index contributed by atoms with van der Waals surface area (Å²) in [5.74, 6) is 0.973. The number of hydrogen-bond donors (Lipinski definition) is 2. The van der Waals surface area contributed by atoms with Gasteiger partial charge in [-0.3, -0.25) is 4.79 Å². The lowest BCUT2D eigenvalue weighted by atomic mass is 10.1. The zero-order chi connectivity index (χ0) is 13.2. The molecule has 1 aromatic rings. The van der Waals surface area contributed by atoms with Gasteiger partial charge in [0.1, 0.15) is 5.15 Å². The Labute approximate surface area is 116 Å². The first-order valence-electron chi connectivity index (χ1n) is 5.83. The van der Waals surface area contributed by atoms with Crippen LogP contribution in [0.25, 0.3) is 0 Å². The molecule has 0 radical (unpaired) electrons. The Hall–Kier alpha value is -0.940. The van der Waals surface area contributed by atoms with Crippen LogP contribution in [-0.4, -0.2) is 27.9 Å². The molecule has 2 rings (SSSR count). The van der Waals surface area contributed by atoms with Crippen LogP contribution >= 0.6 is 23.4 Å². The molecular weight excluding hydrogens is 270 g/mol. The minimum absolute atomic E-state index is 0.140. The van der Waals surface area contributed by atoms with E-state index in [1.54, 1.807) is 0 Å². The van der Waals surface area contributed by atoms with Gasteiger partial charge < -0.3 is 11.1 Å². The van der Waals surface area contributed by atoms with Gasteiger partial charge in [0.2, 0.25) is 0 Å². The molecule has 1 saturated heterocycles. The van der Waals surface area contributed by atoms with Crippen LogP contribution in [0.5, 0.6) is 0 Å². The standard InChI is InChI=1S/C12H16ClN3OS/c1-12(3-2-4-18-12)7-16-11(17)8-5-10(13)15-6-9(8)14/h5-6H,2-4,7,14H2,1H3,(H,16,17). The molecule has 18 heavy (non-hydrogen) atoms. The Morgan fingerprint density at radius 2 is 2.50 bits per heavy atom. The third-order valence-electron chi connectivity index (χ3n) is 3.07. The van der Waals surface area contributed by atoms with Crippen molar-refractivity contribution in [3.8, 4) is 0 Å². The van der Waals surface area contributed by atoms with Crippen LogP contribution in [0.2, 0.25) is 5.15 Å². The molecule has 1 amide bonds. The van der Waals surface area contributed by atoms with Gasteiger partial charge in [-0.2, -0.15) is 11.8 Å². The average Bonchev–Trinajstić information content (AvgIpc) is 2.77. The molecule has 1 aliphatic rings. The smallest absolute Gasteiger partial charge is 0.253 e. The molecule has 4 nitrogen and oxygen atoms in total. The van der Waals surface area contributed by atoms with Crippen molar-refractivity contribution in [2.45, 2.75) is 24.5 Å². The lowest BCUT2D eigenvalue weighted by Gasteiger charge is -2.23. The van der Waals surface area contributed by atoms with E-state index in [0.717, 1.165) is 12.2 Å². The number of aromatic nitrogens is 1. The third-order valence-corrected chi connectivity index (χ3v) is 4.81. The Balaban J connectivity index is 2.01. The van der Waals surface area contributed by atoms with Crippen LogP contribution < -0.4 is 11.1 Å². The highest BCUT2D eigenvalue weighted by Gasteiger charge is 2.30. The fourth-order valence-corrected chi connectivity index (χ4v) is 3.38. The van der Waals surface area contributed by atoms with Crippen LogP contribution in [-0.2, 0) is 0 Å². The number of anilines is 1. The molecule has 0 aromatic carbocycles. The second-order valence-electron chi connectivity index (χ2n) is 4.68. The van der Waals surface area contributed by atoms with Crippen molar-refractivity contribution in [1.29, 1.82) is 0 Å². The Bertz CT molecular complexity index is 461. The quantitative estimate of drug-likeness (QED) is 0.837. The lowest BCUT2D eigenvalue weighted by Crippen LogP contribution is -2.37. The van der Waals surface area contributed by atoms with Gasteiger partial charge in [0.25, 0.3) is 5.91 Å². The predicted molar refractivity (Wildman–Crippen MR) is 76.1 cm³/mol. The van der Waals surface area contributed by atoms with E-state index in [-0.39, 0.29) is 15.8 Å². The maximum Gasteiger partial charge on any atom is 0.253 e. The Morgan fingerprint density at radius 3 is 3.17 bits per heavy atom. The van der Waals surface area contributed by atoms with Gasteiger partial charge in [0.15, 0.2) is 0 Å². The first kappa shape index (κ1) is 13.5. The number of amides is 1. The van der Waals surface area contributed by atoms with Crippen LogP contribution in [0.3, 0.4) is 0 Å². The topological polar surface area (TPSA) is 68.0 Å². The number of nitrogens with two attached hydrogens (primary N) is 1. The van der Waals surface area contributed by atoms with Gasteiger partial charge in [0, 0.05) is 11.3 Å². The van der Waals surface area contributed by atoms with E-state index in [0.29, 0.717) is 17.8 Å². The van der Waals surface area contributed by atoms with E-state index in [4.69, 9.17) is 17.3 Å². The number of carbonyl (C=O) groups is 1. The summed E-state index contributed by atoms with van der Waals surface area (Å²) in [6.07, 6.45) is 3.74. The summed E-state index contributed by atoms with van der Waals surface area (Å²) in [5, 5.41) is 3.20. The second-order valence-corrected chi connectivity index (χ2v) is 6.75. The van der Waals surface area contributed by atoms with Crippen molar-refractivity contribution in [1.82, 2.24) is 10.3 Å². The molecule has 1 atom stereocenters. The van der Waals surface area contributed by atoms with E-state index in [9.17, 15) is 4.79 Å². The Kier molecular flexibility index (Phi) is 4.02. The van der Waals surface area contributed by atoms with Crippen LogP contribution in [0, 0.1) is 0 Å². The number of rotatable bonds is 3. The normalized spacial score (nSPS) is 23.0. The fraction of sp³-hybridized carbons (Fsp3) is 0.500. The van der Waals surface area contributed by atoms with E-state index in [1.807, 2.05) is 11.8 Å². The van der Waals surface area contributed by atoms with Crippen LogP contribution in [0.1, 0.15) is 30.1 Å². The lowest BCUT2D eigenvalue weighted by molar-refractivity contribution is 0.0950. The number of carbonyl (C=O) groups excluding carboxylic acids is 1. The SMILES string of the molecule is CC1(CNC(=O)c2cc(Cl)ncc2N)CCCS1. The summed E-state index contributed by atoms with van der Waals surface area (Å²) < 4.78 is 0.140. The summed E-state index contributed by atoms with van der Waals surface area (Å²) in [6, 6.07) is 1.50. The average molecular weight is 286 g/mol. The van der Waals surface area contributed by atoms with Gasteiger partial charge in [0.05, 0.1) is 17.4 Å². The molecule has 0 spiro atoms. The molecular formula is C12H16ClN3OS. The monoisotopic (exact) mass is 285 g/mol. The largest absolute Gasteiger partial charge is 0.397 e. The molecule has 1 unspecified atom stereocenters. The third kappa shape index (κ3) is 3.09. The van der Waals surface area contributed by atoms with Crippen molar-refractivity contribution >= 4 is 35.0 Å². The molecule has 0 bridgehead atoms. The maximum absolute atomic E-state index is 12.0. The number of halogens is 1. The highest BCUT2D eigenvalue weighted by molar-refractivity contribution is 8.00. The molecule has 0 aliphatic carbocycles. The van der Waals surface area contributed by atoms with E-state index in [1.165, 1.54) is 18.7 Å². The number of nitrogens with zero attached hydrogens (tertiary/aromatic N) is 1. The summed E-state index contributed by atoms with van der Waals surface area (Å²) in [4.78, 5) is 15.9. The summed E-state index contributed by atoms with van der Waals surface area (Å²) in [6.45, 7) is 2.82. The minimum Gasteiger partial charge on any atom is -0.397 e. The first-order chi connectivity index (χ1) is 8.50. The minimum atomic E-state index is -0.189. The molecule has 1 fully saturated rings. The second kappa shape index (κ2) is 5.36. The van der Waals surface area contributed by atoms with Gasteiger partial charge in [-0.1, -0.05) is 11.6 Å². The van der Waals surface area contributed by atoms with Crippen LogP contribution in [0.4, 0.5) is 5.69 Å². The van der Waals surface area contributed by atoms with Gasteiger partial charge in [-0.05, 0) is 31.6 Å². The Morgan fingerprint density at radius 1 is 1.72 bits per heavy atom. The van der Waals surface area contributed by atoms with Crippen molar-refractivity contribution < 1.29 is 4.79 Å². The first-order valence-corrected chi connectivity index (χ1v) is 7.20. The highest BCUT2D eigenvalue weighted by Crippen LogP contribution is 2.37. The van der Waals surface area contributed by atoms with Gasteiger partial charge >= 0.3 is 0 Å². The highest BCUT2D eigenvalue weighted by atomic mass is 35.5. The van der Waals surface area contributed by atoms with Crippen molar-refractivity contribution in [3.63, 3.8) is 0 Å². The summed E-state index contributed by atoms with van der Waals surface area (Å²) in [5.41, 5.74) is 6.46. The molecule has 2 heterocycles. The maximum atomic E-state index is 12.0. The number of thioether (sulfide) groups is 1. The van der Waals surface area contributed by atoms with Crippen molar-refractivity contribution in [2.75, 3.05) is 18.0 Å². The van der Waals surface area contributed by atoms with E-state index >= 15 is 0 Å². The summed E-state index contributed by atoms with van der Waals surface area (Å²) in [7, 11) is 0. The van der Waals surface area contributed by atoms with E-state index in [2.05, 4.69) is 17.2 Å².